The maximum Gasteiger partial charge on any atom is 0.311 e. The molecule has 0 bridgehead atoms. The van der Waals surface area contributed by atoms with E-state index in [1.807, 2.05) is 20.8 Å². The van der Waals surface area contributed by atoms with E-state index in [4.69, 9.17) is 4.74 Å². The predicted molar refractivity (Wildman–Crippen MR) is 141 cm³/mol. The van der Waals surface area contributed by atoms with Crippen LogP contribution in [0.1, 0.15) is 129 Å². The molecule has 4 heteroatoms. The van der Waals surface area contributed by atoms with Crippen LogP contribution in [0.3, 0.4) is 0 Å². The summed E-state index contributed by atoms with van der Waals surface area (Å²) in [6.07, 6.45) is 21.1. The molecule has 4 nitrogen and oxygen atoms in total. The number of carboxylic acids is 1. The van der Waals surface area contributed by atoms with Crippen LogP contribution in [0.2, 0.25) is 0 Å². The molecule has 1 N–H and O–H groups in total. The summed E-state index contributed by atoms with van der Waals surface area (Å²) in [5.41, 5.74) is 0.325. The second-order valence-electron chi connectivity index (χ2n) is 10.5. The molecule has 0 heterocycles. The zero-order valence-corrected chi connectivity index (χ0v) is 22.1. The Morgan fingerprint density at radius 3 is 1.82 bits per heavy atom. The number of rotatable bonds is 18. The van der Waals surface area contributed by atoms with E-state index in [0.717, 1.165) is 31.2 Å². The van der Waals surface area contributed by atoms with E-state index in [2.05, 4.69) is 19.1 Å². The third-order valence-electron chi connectivity index (χ3n) is 6.20. The number of unbranched alkanes of at least 4 members (excludes halogenated alkanes) is 11. The number of benzene rings is 1. The lowest BCUT2D eigenvalue weighted by molar-refractivity contribution is -0.141. The first-order valence-corrected chi connectivity index (χ1v) is 13.4. The fraction of sp³-hybridized carbons (Fsp3) is 0.667. The summed E-state index contributed by atoms with van der Waals surface area (Å²) in [4.78, 5) is 23.7. The largest absolute Gasteiger partial charge is 0.481 e. The molecule has 1 aromatic rings. The third-order valence-corrected chi connectivity index (χ3v) is 6.20. The first-order chi connectivity index (χ1) is 16.3. The van der Waals surface area contributed by atoms with Crippen molar-refractivity contribution in [3.63, 3.8) is 0 Å². The Bertz CT molecular complexity index is 712. The maximum atomic E-state index is 12.1. The van der Waals surface area contributed by atoms with E-state index in [9.17, 15) is 14.7 Å². The molecule has 0 aliphatic rings. The van der Waals surface area contributed by atoms with Gasteiger partial charge >= 0.3 is 11.9 Å². The van der Waals surface area contributed by atoms with Crippen LogP contribution in [-0.4, -0.2) is 17.0 Å². The predicted octanol–water partition coefficient (Wildman–Crippen LogP) is 8.84. The smallest absolute Gasteiger partial charge is 0.311 e. The molecule has 0 saturated carbocycles. The second kappa shape index (κ2) is 17.4. The second-order valence-corrected chi connectivity index (χ2v) is 10.5. The quantitative estimate of drug-likeness (QED) is 0.100. The molecule has 0 aromatic heterocycles. The van der Waals surface area contributed by atoms with Crippen molar-refractivity contribution < 1.29 is 19.4 Å². The first kappa shape index (κ1) is 29.9. The van der Waals surface area contributed by atoms with E-state index in [-0.39, 0.29) is 5.97 Å². The fourth-order valence-corrected chi connectivity index (χ4v) is 4.26. The number of carbonyl (C=O) groups excluding carboxylic acids is 1. The molecule has 0 spiro atoms. The molecule has 0 radical (unpaired) electrons. The molecule has 0 fully saturated rings. The Morgan fingerprint density at radius 2 is 1.32 bits per heavy atom. The van der Waals surface area contributed by atoms with Gasteiger partial charge < -0.3 is 9.84 Å². The molecule has 0 saturated heterocycles. The molecule has 1 atom stereocenters. The van der Waals surface area contributed by atoms with Crippen molar-refractivity contribution in [2.24, 2.45) is 5.41 Å². The van der Waals surface area contributed by atoms with E-state index < -0.39 is 17.3 Å². The third kappa shape index (κ3) is 13.6. The molecule has 1 aromatic carbocycles. The van der Waals surface area contributed by atoms with E-state index in [0.29, 0.717) is 12.2 Å². The zero-order chi connectivity index (χ0) is 25.2. The average molecular weight is 473 g/mol. The standard InChI is InChI=1S/C30H48O4/c1-5-6-7-8-9-10-11-12-13-14-15-16-17-18-19-20-27(31)34-26-23-21-25(22-24-26)28(29(32)33)30(2,3)4/h12-13,21-24,28H,5-11,14-20H2,1-4H3,(H,32,33)/b13-12-. The minimum Gasteiger partial charge on any atom is -0.481 e. The van der Waals surface area contributed by atoms with Crippen molar-refractivity contribution in [3.8, 4) is 5.75 Å². The highest BCUT2D eigenvalue weighted by Gasteiger charge is 2.32. The van der Waals surface area contributed by atoms with Crippen LogP contribution in [0.4, 0.5) is 0 Å². The number of esters is 1. The van der Waals surface area contributed by atoms with Gasteiger partial charge in [-0.25, -0.2) is 0 Å². The highest BCUT2D eigenvalue weighted by Crippen LogP contribution is 2.35. The average Bonchev–Trinajstić information content (AvgIpc) is 2.76. The monoisotopic (exact) mass is 472 g/mol. The summed E-state index contributed by atoms with van der Waals surface area (Å²) in [6, 6.07) is 6.87. The molecule has 192 valence electrons. The Labute approximate surface area is 208 Å². The zero-order valence-electron chi connectivity index (χ0n) is 22.1. The molecular weight excluding hydrogens is 424 g/mol. The van der Waals surface area contributed by atoms with Gasteiger partial charge in [-0.05, 0) is 55.2 Å². The van der Waals surface area contributed by atoms with Crippen molar-refractivity contribution >= 4 is 11.9 Å². The van der Waals surface area contributed by atoms with Gasteiger partial charge in [0, 0.05) is 6.42 Å². The maximum absolute atomic E-state index is 12.1. The topological polar surface area (TPSA) is 63.6 Å². The molecule has 34 heavy (non-hydrogen) atoms. The molecule has 1 unspecified atom stereocenters. The Hall–Kier alpha value is -2.10. The Kier molecular flexibility index (Phi) is 15.3. The summed E-state index contributed by atoms with van der Waals surface area (Å²) in [6.45, 7) is 7.99. The van der Waals surface area contributed by atoms with Crippen LogP contribution in [-0.2, 0) is 9.59 Å². The number of carbonyl (C=O) groups is 2. The van der Waals surface area contributed by atoms with Crippen LogP contribution in [0.5, 0.6) is 5.75 Å². The van der Waals surface area contributed by atoms with Gasteiger partial charge in [-0.2, -0.15) is 0 Å². The van der Waals surface area contributed by atoms with Crippen LogP contribution in [0.25, 0.3) is 0 Å². The van der Waals surface area contributed by atoms with Crippen molar-refractivity contribution in [2.45, 2.75) is 124 Å². The minimum atomic E-state index is -0.846. The molecular formula is C30H48O4. The number of carboxylic acid groups (broad SMARTS) is 1. The lowest BCUT2D eigenvalue weighted by Crippen LogP contribution is -2.26. The van der Waals surface area contributed by atoms with E-state index in [1.165, 1.54) is 57.8 Å². The highest BCUT2D eigenvalue weighted by atomic mass is 16.5. The van der Waals surface area contributed by atoms with Gasteiger partial charge in [-0.3, -0.25) is 9.59 Å². The summed E-state index contributed by atoms with van der Waals surface area (Å²) >= 11 is 0. The molecule has 0 aliphatic heterocycles. The molecule has 1 rings (SSSR count). The molecule has 0 amide bonds. The minimum absolute atomic E-state index is 0.226. The molecule has 0 aliphatic carbocycles. The number of hydrogen-bond acceptors (Lipinski definition) is 3. The Balaban J connectivity index is 2.12. The van der Waals surface area contributed by atoms with Gasteiger partial charge in [-0.15, -0.1) is 0 Å². The van der Waals surface area contributed by atoms with Crippen molar-refractivity contribution in [1.29, 1.82) is 0 Å². The van der Waals surface area contributed by atoms with E-state index >= 15 is 0 Å². The van der Waals surface area contributed by atoms with Gasteiger partial charge in [0.1, 0.15) is 5.75 Å². The van der Waals surface area contributed by atoms with E-state index in [1.54, 1.807) is 24.3 Å². The fourth-order valence-electron chi connectivity index (χ4n) is 4.26. The summed E-state index contributed by atoms with van der Waals surface area (Å²) in [5, 5.41) is 9.55. The van der Waals surface area contributed by atoms with Crippen molar-refractivity contribution in [2.75, 3.05) is 0 Å². The van der Waals surface area contributed by atoms with Gasteiger partial charge in [0.2, 0.25) is 0 Å². The van der Waals surface area contributed by atoms with Crippen LogP contribution in [0.15, 0.2) is 36.4 Å². The number of allylic oxidation sites excluding steroid dienone is 2. The van der Waals surface area contributed by atoms with Gasteiger partial charge in [-0.1, -0.05) is 103 Å². The number of aliphatic carboxylic acids is 1. The number of hydrogen-bond donors (Lipinski definition) is 1. The lowest BCUT2D eigenvalue weighted by atomic mass is 9.76. The van der Waals surface area contributed by atoms with Crippen molar-refractivity contribution in [1.82, 2.24) is 0 Å². The summed E-state index contributed by atoms with van der Waals surface area (Å²) in [5.74, 6) is -1.20. The van der Waals surface area contributed by atoms with Gasteiger partial charge in [0.05, 0.1) is 5.92 Å². The number of ether oxygens (including phenoxy) is 1. The van der Waals surface area contributed by atoms with Crippen LogP contribution >= 0.6 is 0 Å². The van der Waals surface area contributed by atoms with Crippen molar-refractivity contribution in [3.05, 3.63) is 42.0 Å². The SMILES string of the molecule is CCCCCCCC/C=C\CCCCCCCC(=O)Oc1ccc(C(C(=O)O)C(C)(C)C)cc1. The lowest BCUT2D eigenvalue weighted by Gasteiger charge is -2.27. The van der Waals surface area contributed by atoms with Gasteiger partial charge in [0.15, 0.2) is 0 Å². The highest BCUT2D eigenvalue weighted by molar-refractivity contribution is 5.77. The van der Waals surface area contributed by atoms with Crippen LogP contribution < -0.4 is 4.74 Å². The van der Waals surface area contributed by atoms with Gasteiger partial charge in [0.25, 0.3) is 0 Å². The normalized spacial score (nSPS) is 12.7. The van der Waals surface area contributed by atoms with Crippen LogP contribution in [0, 0.1) is 5.41 Å². The summed E-state index contributed by atoms with van der Waals surface area (Å²) < 4.78 is 5.42. The summed E-state index contributed by atoms with van der Waals surface area (Å²) in [7, 11) is 0. The first-order valence-electron chi connectivity index (χ1n) is 13.4. The Morgan fingerprint density at radius 1 is 0.824 bits per heavy atom.